The molecule has 0 unspecified atom stereocenters. The molecule has 2 heterocycles. The molecular formula is C20H26N4O3S2. The average Bonchev–Trinajstić information content (AvgIpc) is 3.12. The number of thioether (sulfide) groups is 1. The van der Waals surface area contributed by atoms with E-state index >= 15 is 0 Å². The summed E-state index contributed by atoms with van der Waals surface area (Å²) in [7, 11) is -4.02. The van der Waals surface area contributed by atoms with Crippen molar-refractivity contribution in [3.8, 4) is 0 Å². The second-order valence-corrected chi connectivity index (χ2v) is 9.29. The molecule has 0 bridgehead atoms. The van der Waals surface area contributed by atoms with Crippen LogP contribution >= 0.6 is 11.8 Å². The van der Waals surface area contributed by atoms with Crippen molar-refractivity contribution in [1.29, 1.82) is 0 Å². The lowest BCUT2D eigenvalue weighted by atomic mass is 10.2. The molecule has 0 spiro atoms. The van der Waals surface area contributed by atoms with Crippen LogP contribution in [0.4, 0.5) is 0 Å². The molecule has 0 atom stereocenters. The summed E-state index contributed by atoms with van der Waals surface area (Å²) in [5, 5.41) is 4.41. The predicted molar refractivity (Wildman–Crippen MR) is 117 cm³/mol. The maximum atomic E-state index is 10.5. The number of rotatable bonds is 5. The Labute approximate surface area is 175 Å². The number of benzene rings is 2. The van der Waals surface area contributed by atoms with Crippen LogP contribution in [0.25, 0.3) is 11.0 Å². The number of piperazine rings is 1. The van der Waals surface area contributed by atoms with Crippen LogP contribution in [-0.4, -0.2) is 66.3 Å². The summed E-state index contributed by atoms with van der Waals surface area (Å²) in [5.74, 6) is 1.10. The molecule has 29 heavy (non-hydrogen) atoms. The van der Waals surface area contributed by atoms with Gasteiger partial charge in [-0.05, 0) is 31.2 Å². The van der Waals surface area contributed by atoms with Gasteiger partial charge in [0.25, 0.3) is 10.1 Å². The summed E-state index contributed by atoms with van der Waals surface area (Å²) in [6.07, 6.45) is 0. The molecule has 0 saturated carbocycles. The van der Waals surface area contributed by atoms with Gasteiger partial charge < -0.3 is 10.3 Å². The van der Waals surface area contributed by atoms with Gasteiger partial charge >= 0.3 is 0 Å². The number of fused-ring (bicyclic) bond motifs is 1. The minimum atomic E-state index is -4.02. The normalized spacial score (nSPS) is 15.1. The van der Waals surface area contributed by atoms with Crippen LogP contribution in [-0.2, 0) is 10.1 Å². The first-order chi connectivity index (χ1) is 13.9. The van der Waals surface area contributed by atoms with Gasteiger partial charge in [0, 0.05) is 38.5 Å². The summed E-state index contributed by atoms with van der Waals surface area (Å²) in [6, 6.07) is 14.2. The molecule has 1 aliphatic rings. The molecular weight excluding hydrogens is 408 g/mol. The molecule has 3 aromatic rings. The maximum Gasteiger partial charge on any atom is 0.294 e. The van der Waals surface area contributed by atoms with Gasteiger partial charge in [-0.2, -0.15) is 8.42 Å². The Hall–Kier alpha value is -1.91. The first-order valence-corrected chi connectivity index (χ1v) is 11.9. The summed E-state index contributed by atoms with van der Waals surface area (Å²) >= 11 is 1.81. The van der Waals surface area contributed by atoms with Crippen LogP contribution in [0.3, 0.4) is 0 Å². The standard InChI is InChI=1S/C13H18N4S.C7H8O3S/c1-2-4-12-11(3-1)15-13(16-12)18-10-9-17-7-5-14-6-8-17;1-6-2-4-7(5-3-6)11(8,9)10/h1-4,14H,5-10H2,(H,15,16);2-5H,1H3,(H,8,9,10). The topological polar surface area (TPSA) is 98.3 Å². The van der Waals surface area contributed by atoms with Gasteiger partial charge in [0.15, 0.2) is 5.16 Å². The van der Waals surface area contributed by atoms with Crippen molar-refractivity contribution >= 4 is 32.9 Å². The van der Waals surface area contributed by atoms with Gasteiger partial charge in [-0.1, -0.05) is 41.6 Å². The molecule has 2 aromatic carbocycles. The van der Waals surface area contributed by atoms with E-state index in [9.17, 15) is 8.42 Å². The van der Waals surface area contributed by atoms with Crippen LogP contribution in [0.15, 0.2) is 58.6 Å². The van der Waals surface area contributed by atoms with Crippen molar-refractivity contribution < 1.29 is 13.0 Å². The lowest BCUT2D eigenvalue weighted by Crippen LogP contribution is -2.44. The zero-order valence-corrected chi connectivity index (χ0v) is 18.0. The van der Waals surface area contributed by atoms with Crippen LogP contribution in [0.1, 0.15) is 5.56 Å². The lowest BCUT2D eigenvalue weighted by molar-refractivity contribution is 0.255. The molecule has 3 N–H and O–H groups in total. The first-order valence-electron chi connectivity index (χ1n) is 9.46. The van der Waals surface area contributed by atoms with Gasteiger partial charge in [-0.3, -0.25) is 9.45 Å². The number of aromatic amines is 1. The van der Waals surface area contributed by atoms with Gasteiger partial charge in [-0.25, -0.2) is 4.98 Å². The smallest absolute Gasteiger partial charge is 0.294 e. The third-order valence-corrected chi connectivity index (χ3v) is 6.26. The second-order valence-electron chi connectivity index (χ2n) is 6.79. The van der Waals surface area contributed by atoms with Crippen LogP contribution in [0.5, 0.6) is 0 Å². The highest BCUT2D eigenvalue weighted by molar-refractivity contribution is 7.99. The highest BCUT2D eigenvalue weighted by Gasteiger charge is 2.10. The molecule has 1 aliphatic heterocycles. The fourth-order valence-corrected chi connectivity index (χ4v) is 4.28. The number of H-pyrrole nitrogens is 1. The van der Waals surface area contributed by atoms with Crippen molar-refractivity contribution in [2.45, 2.75) is 17.0 Å². The number of para-hydroxylation sites is 2. The van der Waals surface area contributed by atoms with Crippen molar-refractivity contribution in [2.75, 3.05) is 38.5 Å². The summed E-state index contributed by atoms with van der Waals surface area (Å²) < 4.78 is 29.6. The number of hydrogen-bond acceptors (Lipinski definition) is 6. The molecule has 9 heteroatoms. The number of nitrogens with zero attached hydrogens (tertiary/aromatic N) is 2. The minimum Gasteiger partial charge on any atom is -0.333 e. The van der Waals surface area contributed by atoms with Gasteiger partial charge in [0.2, 0.25) is 0 Å². The number of hydrogen-bond donors (Lipinski definition) is 3. The Balaban J connectivity index is 0.000000188. The first kappa shape index (κ1) is 21.8. The van der Waals surface area contributed by atoms with Crippen LogP contribution in [0.2, 0.25) is 0 Å². The van der Waals surface area contributed by atoms with Crippen molar-refractivity contribution in [3.63, 3.8) is 0 Å². The quantitative estimate of drug-likeness (QED) is 0.419. The molecule has 0 aliphatic carbocycles. The fraction of sp³-hybridized carbons (Fsp3) is 0.350. The Morgan fingerprint density at radius 2 is 1.79 bits per heavy atom. The van der Waals surface area contributed by atoms with E-state index in [1.54, 1.807) is 12.1 Å². The highest BCUT2D eigenvalue weighted by Crippen LogP contribution is 2.19. The van der Waals surface area contributed by atoms with E-state index in [4.69, 9.17) is 4.55 Å². The van der Waals surface area contributed by atoms with Crippen LogP contribution < -0.4 is 5.32 Å². The van der Waals surface area contributed by atoms with Crippen LogP contribution in [0, 0.1) is 6.92 Å². The van der Waals surface area contributed by atoms with Gasteiger partial charge in [0.05, 0.1) is 15.9 Å². The van der Waals surface area contributed by atoms with E-state index in [2.05, 4.69) is 26.3 Å². The number of nitrogens with one attached hydrogen (secondary N) is 2. The van der Waals surface area contributed by atoms with Crippen molar-refractivity contribution in [2.24, 2.45) is 0 Å². The van der Waals surface area contributed by atoms with E-state index in [-0.39, 0.29) is 4.90 Å². The molecule has 1 aromatic heterocycles. The zero-order valence-electron chi connectivity index (χ0n) is 16.3. The third-order valence-electron chi connectivity index (χ3n) is 4.54. The Morgan fingerprint density at radius 3 is 2.45 bits per heavy atom. The van der Waals surface area contributed by atoms with E-state index in [0.717, 1.165) is 47.1 Å². The number of imidazole rings is 1. The molecule has 0 radical (unpaired) electrons. The van der Waals surface area contributed by atoms with E-state index in [1.807, 2.05) is 36.9 Å². The Kier molecular flexibility index (Phi) is 7.68. The summed E-state index contributed by atoms with van der Waals surface area (Å²) in [4.78, 5) is 10.4. The predicted octanol–water partition coefficient (Wildman–Crippen LogP) is 2.80. The van der Waals surface area contributed by atoms with E-state index in [1.165, 1.54) is 25.2 Å². The average molecular weight is 435 g/mol. The SMILES string of the molecule is Cc1ccc(S(=O)(=O)O)cc1.c1ccc2[nH]c(SCCN3CCNCC3)nc2c1. The Morgan fingerprint density at radius 1 is 1.10 bits per heavy atom. The minimum absolute atomic E-state index is 0.0666. The second kappa shape index (κ2) is 10.2. The molecule has 7 nitrogen and oxygen atoms in total. The summed E-state index contributed by atoms with van der Waals surface area (Å²) in [5.41, 5.74) is 3.14. The van der Waals surface area contributed by atoms with E-state index < -0.39 is 10.1 Å². The molecule has 1 saturated heterocycles. The zero-order chi connectivity index (χ0) is 20.7. The molecule has 1 fully saturated rings. The molecule has 4 rings (SSSR count). The maximum absolute atomic E-state index is 10.5. The number of aryl methyl sites for hydroxylation is 1. The Bertz CT molecular complexity index is 981. The monoisotopic (exact) mass is 434 g/mol. The largest absolute Gasteiger partial charge is 0.333 e. The highest BCUT2D eigenvalue weighted by atomic mass is 32.2. The van der Waals surface area contributed by atoms with E-state index in [0.29, 0.717) is 0 Å². The van der Waals surface area contributed by atoms with Gasteiger partial charge in [0.1, 0.15) is 0 Å². The summed E-state index contributed by atoms with van der Waals surface area (Å²) in [6.45, 7) is 7.56. The molecule has 156 valence electrons. The number of aromatic nitrogens is 2. The fourth-order valence-electron chi connectivity index (χ4n) is 2.91. The van der Waals surface area contributed by atoms with Gasteiger partial charge in [-0.15, -0.1) is 0 Å². The third kappa shape index (κ3) is 6.83. The van der Waals surface area contributed by atoms with Crippen molar-refractivity contribution in [3.05, 3.63) is 54.1 Å². The lowest BCUT2D eigenvalue weighted by Gasteiger charge is -2.26. The van der Waals surface area contributed by atoms with Crippen molar-refractivity contribution in [1.82, 2.24) is 20.2 Å². The molecule has 0 amide bonds.